The van der Waals surface area contributed by atoms with Gasteiger partial charge in [-0.1, -0.05) is 30.3 Å². The maximum absolute atomic E-state index is 4.23. The van der Waals surface area contributed by atoms with E-state index in [1.807, 2.05) is 18.3 Å². The second-order valence-corrected chi connectivity index (χ2v) is 4.71. The Balaban J connectivity index is 2.05. The molecule has 17 heavy (non-hydrogen) atoms. The molecule has 84 valence electrons. The predicted molar refractivity (Wildman–Crippen MR) is 73.0 cm³/mol. The molecular formula is C14H11BrN2. The maximum atomic E-state index is 4.23. The number of aromatic nitrogens is 2. The minimum Gasteiger partial charge on any atom is -0.343 e. The molecule has 3 aromatic rings. The molecule has 1 aromatic carbocycles. The summed E-state index contributed by atoms with van der Waals surface area (Å²) in [6.45, 7) is 0.890. The topological polar surface area (TPSA) is 17.8 Å². The number of fused-ring (bicyclic) bond motifs is 1. The van der Waals surface area contributed by atoms with Gasteiger partial charge in [0.15, 0.2) is 0 Å². The summed E-state index contributed by atoms with van der Waals surface area (Å²) < 4.78 is 3.14. The fraction of sp³-hybridized carbons (Fsp3) is 0.0714. The van der Waals surface area contributed by atoms with Gasteiger partial charge in [-0.25, -0.2) is 4.98 Å². The zero-order chi connectivity index (χ0) is 11.7. The van der Waals surface area contributed by atoms with Crippen molar-refractivity contribution in [3.63, 3.8) is 0 Å². The van der Waals surface area contributed by atoms with Crippen LogP contribution < -0.4 is 0 Å². The van der Waals surface area contributed by atoms with Crippen LogP contribution >= 0.6 is 15.9 Å². The molecule has 0 N–H and O–H groups in total. The molecule has 0 aliphatic rings. The summed E-state index contributed by atoms with van der Waals surface area (Å²) in [5.74, 6) is 0. The number of pyridine rings is 1. The number of benzene rings is 1. The molecule has 0 amide bonds. The summed E-state index contributed by atoms with van der Waals surface area (Å²) >= 11 is 3.47. The number of rotatable bonds is 2. The fourth-order valence-electron chi connectivity index (χ4n) is 2.01. The van der Waals surface area contributed by atoms with Crippen molar-refractivity contribution in [1.29, 1.82) is 0 Å². The molecule has 0 radical (unpaired) electrons. The van der Waals surface area contributed by atoms with Gasteiger partial charge in [0, 0.05) is 24.3 Å². The third kappa shape index (κ3) is 1.98. The molecule has 0 aliphatic carbocycles. The van der Waals surface area contributed by atoms with Gasteiger partial charge in [-0.15, -0.1) is 0 Å². The SMILES string of the molecule is Brc1nccc2c1ccn2Cc1ccccc1. The predicted octanol–water partition coefficient (Wildman–Crippen LogP) is 3.85. The molecule has 2 nitrogen and oxygen atoms in total. The van der Waals surface area contributed by atoms with E-state index < -0.39 is 0 Å². The van der Waals surface area contributed by atoms with E-state index in [9.17, 15) is 0 Å². The lowest BCUT2D eigenvalue weighted by molar-refractivity contribution is 0.836. The summed E-state index contributed by atoms with van der Waals surface area (Å²) in [6, 6.07) is 14.6. The van der Waals surface area contributed by atoms with Crippen LogP contribution in [0.4, 0.5) is 0 Å². The van der Waals surface area contributed by atoms with Crippen molar-refractivity contribution in [2.75, 3.05) is 0 Å². The van der Waals surface area contributed by atoms with Gasteiger partial charge in [0.25, 0.3) is 0 Å². The Hall–Kier alpha value is -1.61. The van der Waals surface area contributed by atoms with Gasteiger partial charge in [0.1, 0.15) is 4.60 Å². The Morgan fingerprint density at radius 3 is 2.71 bits per heavy atom. The van der Waals surface area contributed by atoms with Gasteiger partial charge < -0.3 is 4.57 Å². The van der Waals surface area contributed by atoms with Crippen LogP contribution in [0.2, 0.25) is 0 Å². The molecule has 0 saturated heterocycles. The molecule has 0 unspecified atom stereocenters. The van der Waals surface area contributed by atoms with Crippen molar-refractivity contribution >= 4 is 26.8 Å². The minimum absolute atomic E-state index is 0.890. The summed E-state index contributed by atoms with van der Waals surface area (Å²) in [6.07, 6.45) is 3.93. The van der Waals surface area contributed by atoms with Crippen molar-refractivity contribution < 1.29 is 0 Å². The number of hydrogen-bond acceptors (Lipinski definition) is 1. The average molecular weight is 287 g/mol. The average Bonchev–Trinajstić information content (AvgIpc) is 2.76. The first-order valence-corrected chi connectivity index (χ1v) is 6.27. The quantitative estimate of drug-likeness (QED) is 0.655. The van der Waals surface area contributed by atoms with Gasteiger partial charge in [-0.3, -0.25) is 0 Å². The summed E-state index contributed by atoms with van der Waals surface area (Å²) in [5, 5.41) is 1.16. The summed E-state index contributed by atoms with van der Waals surface area (Å²) in [5.41, 5.74) is 2.51. The highest BCUT2D eigenvalue weighted by Crippen LogP contribution is 2.23. The van der Waals surface area contributed by atoms with Crippen LogP contribution in [0.5, 0.6) is 0 Å². The zero-order valence-electron chi connectivity index (χ0n) is 9.18. The summed E-state index contributed by atoms with van der Waals surface area (Å²) in [7, 11) is 0. The van der Waals surface area contributed by atoms with Gasteiger partial charge in [0.05, 0.1) is 5.52 Å². The van der Waals surface area contributed by atoms with Crippen molar-refractivity contribution in [2.24, 2.45) is 0 Å². The Bertz CT molecular complexity index is 644. The number of nitrogens with zero attached hydrogens (tertiary/aromatic N) is 2. The Labute approximate surface area is 108 Å². The lowest BCUT2D eigenvalue weighted by Gasteiger charge is -2.05. The molecule has 2 heterocycles. The van der Waals surface area contributed by atoms with Crippen LogP contribution in [-0.4, -0.2) is 9.55 Å². The zero-order valence-corrected chi connectivity index (χ0v) is 10.8. The molecule has 0 fully saturated rings. The highest BCUT2D eigenvalue weighted by molar-refractivity contribution is 9.10. The smallest absolute Gasteiger partial charge is 0.115 e. The van der Waals surface area contributed by atoms with E-state index in [4.69, 9.17) is 0 Å². The third-order valence-electron chi connectivity index (χ3n) is 2.84. The van der Waals surface area contributed by atoms with Gasteiger partial charge in [-0.05, 0) is 33.6 Å². The number of hydrogen-bond donors (Lipinski definition) is 0. The third-order valence-corrected chi connectivity index (χ3v) is 3.48. The van der Waals surface area contributed by atoms with E-state index >= 15 is 0 Å². The first-order chi connectivity index (χ1) is 8.34. The molecule has 0 atom stereocenters. The second-order valence-electron chi connectivity index (χ2n) is 3.96. The molecular weight excluding hydrogens is 276 g/mol. The van der Waals surface area contributed by atoms with Crippen LogP contribution in [0.15, 0.2) is 59.5 Å². The molecule has 2 aromatic heterocycles. The monoisotopic (exact) mass is 286 g/mol. The second kappa shape index (κ2) is 4.34. The first kappa shape index (κ1) is 10.5. The highest BCUT2D eigenvalue weighted by atomic mass is 79.9. The molecule has 0 aliphatic heterocycles. The van der Waals surface area contributed by atoms with Crippen LogP contribution in [0.3, 0.4) is 0 Å². The summed E-state index contributed by atoms with van der Waals surface area (Å²) in [4.78, 5) is 4.23. The normalized spacial score (nSPS) is 10.9. The van der Waals surface area contributed by atoms with Crippen LogP contribution in [0.1, 0.15) is 5.56 Å². The molecule has 0 saturated carbocycles. The Morgan fingerprint density at radius 2 is 1.88 bits per heavy atom. The molecule has 0 bridgehead atoms. The van der Waals surface area contributed by atoms with Crippen LogP contribution in [0, 0.1) is 0 Å². The molecule has 3 heteroatoms. The van der Waals surface area contributed by atoms with Gasteiger partial charge >= 0.3 is 0 Å². The molecule has 0 spiro atoms. The fourth-order valence-corrected chi connectivity index (χ4v) is 2.46. The van der Waals surface area contributed by atoms with Crippen molar-refractivity contribution in [1.82, 2.24) is 9.55 Å². The van der Waals surface area contributed by atoms with Crippen LogP contribution in [-0.2, 0) is 6.54 Å². The van der Waals surface area contributed by atoms with E-state index in [1.165, 1.54) is 11.1 Å². The lowest BCUT2D eigenvalue weighted by atomic mass is 10.2. The lowest BCUT2D eigenvalue weighted by Crippen LogP contribution is -1.97. The maximum Gasteiger partial charge on any atom is 0.115 e. The van der Waals surface area contributed by atoms with E-state index in [2.05, 4.69) is 62.0 Å². The van der Waals surface area contributed by atoms with Crippen molar-refractivity contribution in [2.45, 2.75) is 6.54 Å². The largest absolute Gasteiger partial charge is 0.343 e. The number of halogens is 1. The Morgan fingerprint density at radius 1 is 1.06 bits per heavy atom. The van der Waals surface area contributed by atoms with Crippen molar-refractivity contribution in [3.05, 3.63) is 65.0 Å². The van der Waals surface area contributed by atoms with E-state index in [1.54, 1.807) is 0 Å². The van der Waals surface area contributed by atoms with E-state index in [-0.39, 0.29) is 0 Å². The van der Waals surface area contributed by atoms with Crippen LogP contribution in [0.25, 0.3) is 10.9 Å². The van der Waals surface area contributed by atoms with E-state index in [0.29, 0.717) is 0 Å². The van der Waals surface area contributed by atoms with Gasteiger partial charge in [0.2, 0.25) is 0 Å². The Kier molecular flexibility index (Phi) is 2.69. The highest BCUT2D eigenvalue weighted by Gasteiger charge is 2.04. The molecule has 3 rings (SSSR count). The van der Waals surface area contributed by atoms with Crippen molar-refractivity contribution in [3.8, 4) is 0 Å². The standard InChI is InChI=1S/C14H11BrN2/c15-14-12-7-9-17(13(12)6-8-16-14)10-11-4-2-1-3-5-11/h1-9H,10H2. The minimum atomic E-state index is 0.890. The first-order valence-electron chi connectivity index (χ1n) is 5.48. The van der Waals surface area contributed by atoms with E-state index in [0.717, 1.165) is 16.5 Å². The van der Waals surface area contributed by atoms with Gasteiger partial charge in [-0.2, -0.15) is 0 Å².